The number of aliphatic hydroxyl groups excluding tert-OH is 1. The molecule has 0 saturated heterocycles. The van der Waals surface area contributed by atoms with Crippen LogP contribution >= 0.6 is 0 Å². The van der Waals surface area contributed by atoms with Gasteiger partial charge in [-0.3, -0.25) is 4.79 Å². The third-order valence-corrected chi connectivity index (χ3v) is 4.12. The number of benzene rings is 1. The first-order valence-corrected chi connectivity index (χ1v) is 8.86. The fourth-order valence-electron chi connectivity index (χ4n) is 2.70. The second-order valence-electron chi connectivity index (χ2n) is 6.84. The summed E-state index contributed by atoms with van der Waals surface area (Å²) in [7, 11) is 0. The number of aromatic nitrogens is 2. The molecule has 0 aliphatic carbocycles. The van der Waals surface area contributed by atoms with Gasteiger partial charge in [-0.25, -0.2) is 4.98 Å². The zero-order chi connectivity index (χ0) is 17.5. The van der Waals surface area contributed by atoms with Gasteiger partial charge in [-0.05, 0) is 37.8 Å². The van der Waals surface area contributed by atoms with Crippen molar-refractivity contribution >= 4 is 16.9 Å². The minimum Gasteiger partial charge on any atom is -0.393 e. The van der Waals surface area contributed by atoms with Crippen molar-refractivity contribution in [2.24, 2.45) is 5.92 Å². The Bertz CT molecular complexity index is 662. The van der Waals surface area contributed by atoms with Crippen molar-refractivity contribution in [3.05, 3.63) is 30.1 Å². The highest BCUT2D eigenvalue weighted by atomic mass is 16.3. The van der Waals surface area contributed by atoms with Crippen molar-refractivity contribution < 1.29 is 9.90 Å². The number of rotatable bonds is 9. The molecular weight excluding hydrogens is 302 g/mol. The topological polar surface area (TPSA) is 67.2 Å². The van der Waals surface area contributed by atoms with Crippen LogP contribution in [-0.2, 0) is 17.8 Å². The van der Waals surface area contributed by atoms with Crippen LogP contribution in [0.1, 0.15) is 45.9 Å². The molecule has 5 heteroatoms. The molecule has 0 bridgehead atoms. The first-order chi connectivity index (χ1) is 11.5. The number of nitrogens with zero attached hydrogens (tertiary/aromatic N) is 2. The minimum absolute atomic E-state index is 0.0132. The van der Waals surface area contributed by atoms with Gasteiger partial charge >= 0.3 is 0 Å². The predicted octanol–water partition coefficient (Wildman–Crippen LogP) is 2.90. The Labute approximate surface area is 144 Å². The first-order valence-electron chi connectivity index (χ1n) is 8.86. The molecule has 1 atom stereocenters. The summed E-state index contributed by atoms with van der Waals surface area (Å²) in [6.07, 6.45) is 2.25. The van der Waals surface area contributed by atoms with E-state index in [1.807, 2.05) is 18.2 Å². The van der Waals surface area contributed by atoms with Crippen molar-refractivity contribution in [2.45, 2.75) is 59.1 Å². The van der Waals surface area contributed by atoms with Crippen molar-refractivity contribution in [3.8, 4) is 0 Å². The number of hydrogen-bond donors (Lipinski definition) is 2. The highest BCUT2D eigenvalue weighted by Gasteiger charge is 2.11. The maximum Gasteiger partial charge on any atom is 0.220 e. The van der Waals surface area contributed by atoms with Gasteiger partial charge in [0.2, 0.25) is 5.91 Å². The van der Waals surface area contributed by atoms with Crippen LogP contribution in [0.4, 0.5) is 0 Å². The zero-order valence-corrected chi connectivity index (χ0v) is 15.0. The molecule has 1 aromatic carbocycles. The van der Waals surface area contributed by atoms with Crippen LogP contribution in [0.2, 0.25) is 0 Å². The van der Waals surface area contributed by atoms with E-state index >= 15 is 0 Å². The highest BCUT2D eigenvalue weighted by Crippen LogP contribution is 2.18. The molecule has 0 aliphatic rings. The fourth-order valence-corrected chi connectivity index (χ4v) is 2.70. The van der Waals surface area contributed by atoms with E-state index in [9.17, 15) is 9.90 Å². The van der Waals surface area contributed by atoms with E-state index < -0.39 is 6.10 Å². The quantitative estimate of drug-likeness (QED) is 0.742. The van der Waals surface area contributed by atoms with Crippen LogP contribution in [0.5, 0.6) is 0 Å². The Morgan fingerprint density at radius 3 is 2.71 bits per heavy atom. The second kappa shape index (κ2) is 8.83. The van der Waals surface area contributed by atoms with Gasteiger partial charge in [0, 0.05) is 25.9 Å². The zero-order valence-electron chi connectivity index (χ0n) is 15.0. The molecule has 2 aromatic rings. The third kappa shape index (κ3) is 5.34. The summed E-state index contributed by atoms with van der Waals surface area (Å²) >= 11 is 0. The van der Waals surface area contributed by atoms with Gasteiger partial charge in [-0.1, -0.05) is 26.0 Å². The van der Waals surface area contributed by atoms with E-state index in [-0.39, 0.29) is 5.91 Å². The minimum atomic E-state index is -0.434. The number of para-hydroxylation sites is 2. The molecule has 0 spiro atoms. The average molecular weight is 331 g/mol. The van der Waals surface area contributed by atoms with E-state index in [1.165, 1.54) is 0 Å². The first kappa shape index (κ1) is 18.5. The second-order valence-corrected chi connectivity index (χ2v) is 6.84. The number of imidazole rings is 1. The van der Waals surface area contributed by atoms with Gasteiger partial charge in [-0.15, -0.1) is 0 Å². The van der Waals surface area contributed by atoms with Crippen molar-refractivity contribution in [1.82, 2.24) is 14.9 Å². The van der Waals surface area contributed by atoms with E-state index in [0.29, 0.717) is 31.7 Å². The number of amides is 1. The molecule has 1 aromatic heterocycles. The van der Waals surface area contributed by atoms with Gasteiger partial charge in [0.1, 0.15) is 5.82 Å². The summed E-state index contributed by atoms with van der Waals surface area (Å²) in [5.74, 6) is 1.65. The van der Waals surface area contributed by atoms with Crippen molar-refractivity contribution in [2.75, 3.05) is 6.54 Å². The number of aliphatic hydroxyl groups is 1. The molecule has 0 unspecified atom stereocenters. The standard InChI is InChI=1S/C19H29N3O2/c1-14(2)11-13-22-17-7-5-4-6-16(17)21-18(22)10-12-20-19(24)9-8-15(3)23/h4-7,14-15,23H,8-13H2,1-3H3,(H,20,24)/t15-/m0/s1. The maximum atomic E-state index is 11.8. The molecule has 0 saturated carbocycles. The molecule has 1 heterocycles. The largest absolute Gasteiger partial charge is 0.393 e. The monoisotopic (exact) mass is 331 g/mol. The molecule has 0 radical (unpaired) electrons. The van der Waals surface area contributed by atoms with Crippen molar-refractivity contribution in [3.63, 3.8) is 0 Å². The molecular formula is C19H29N3O2. The number of fused-ring (bicyclic) bond motifs is 1. The Morgan fingerprint density at radius 1 is 1.25 bits per heavy atom. The Balaban J connectivity index is 1.99. The molecule has 2 rings (SSSR count). The van der Waals surface area contributed by atoms with Crippen LogP contribution in [-0.4, -0.2) is 33.2 Å². The van der Waals surface area contributed by atoms with E-state index in [4.69, 9.17) is 4.98 Å². The van der Waals surface area contributed by atoms with Gasteiger partial charge in [0.15, 0.2) is 0 Å². The predicted molar refractivity (Wildman–Crippen MR) is 96.8 cm³/mol. The number of carbonyl (C=O) groups is 1. The van der Waals surface area contributed by atoms with Crippen LogP contribution in [0.25, 0.3) is 11.0 Å². The van der Waals surface area contributed by atoms with Gasteiger partial charge in [0.25, 0.3) is 0 Å². The molecule has 5 nitrogen and oxygen atoms in total. The SMILES string of the molecule is CC(C)CCn1c(CCNC(=O)CC[C@H](C)O)nc2ccccc21. The summed E-state index contributed by atoms with van der Waals surface area (Å²) in [4.78, 5) is 16.5. The lowest BCUT2D eigenvalue weighted by Gasteiger charge is -2.11. The van der Waals surface area contributed by atoms with Gasteiger partial charge in [-0.2, -0.15) is 0 Å². The lowest BCUT2D eigenvalue weighted by Crippen LogP contribution is -2.27. The lowest BCUT2D eigenvalue weighted by molar-refractivity contribution is -0.121. The Morgan fingerprint density at radius 2 is 2.00 bits per heavy atom. The Kier molecular flexibility index (Phi) is 6.79. The lowest BCUT2D eigenvalue weighted by atomic mass is 10.1. The summed E-state index contributed by atoms with van der Waals surface area (Å²) in [5.41, 5.74) is 2.17. The average Bonchev–Trinajstić information content (AvgIpc) is 2.88. The molecule has 24 heavy (non-hydrogen) atoms. The maximum absolute atomic E-state index is 11.8. The summed E-state index contributed by atoms with van der Waals surface area (Å²) in [6, 6.07) is 8.18. The molecule has 2 N–H and O–H groups in total. The van der Waals surface area contributed by atoms with Crippen LogP contribution in [0.15, 0.2) is 24.3 Å². The number of hydrogen-bond acceptors (Lipinski definition) is 3. The Hall–Kier alpha value is -1.88. The molecule has 0 aliphatic heterocycles. The van der Waals surface area contributed by atoms with E-state index in [0.717, 1.165) is 29.8 Å². The third-order valence-electron chi connectivity index (χ3n) is 4.12. The van der Waals surface area contributed by atoms with Gasteiger partial charge < -0.3 is 15.0 Å². The number of nitrogens with one attached hydrogen (secondary N) is 1. The van der Waals surface area contributed by atoms with Gasteiger partial charge in [0.05, 0.1) is 17.1 Å². The smallest absolute Gasteiger partial charge is 0.220 e. The molecule has 132 valence electrons. The summed E-state index contributed by atoms with van der Waals surface area (Å²) in [6.45, 7) is 7.67. The normalized spacial score (nSPS) is 12.7. The van der Waals surface area contributed by atoms with Crippen molar-refractivity contribution in [1.29, 1.82) is 0 Å². The van der Waals surface area contributed by atoms with E-state index in [1.54, 1.807) is 6.92 Å². The highest BCUT2D eigenvalue weighted by molar-refractivity contribution is 5.76. The molecule has 0 fully saturated rings. The number of carbonyl (C=O) groups excluding carboxylic acids is 1. The molecule has 1 amide bonds. The fraction of sp³-hybridized carbons (Fsp3) is 0.579. The number of aryl methyl sites for hydroxylation is 1. The van der Waals surface area contributed by atoms with E-state index in [2.05, 4.69) is 29.8 Å². The van der Waals surface area contributed by atoms with Crippen LogP contribution in [0, 0.1) is 5.92 Å². The summed E-state index contributed by atoms with van der Waals surface area (Å²) < 4.78 is 2.28. The van der Waals surface area contributed by atoms with Crippen LogP contribution < -0.4 is 5.32 Å². The summed E-state index contributed by atoms with van der Waals surface area (Å²) in [5, 5.41) is 12.2. The van der Waals surface area contributed by atoms with Crippen LogP contribution in [0.3, 0.4) is 0 Å².